The zero-order chi connectivity index (χ0) is 7.56. The first-order valence-corrected chi connectivity index (χ1v) is 4.38. The SMILES string of the molecule is CC=C(C)C(C)C1CCC1. The van der Waals surface area contributed by atoms with Crippen molar-refractivity contribution in [1.82, 2.24) is 0 Å². The molecule has 1 atom stereocenters. The third-order valence-corrected chi connectivity index (χ3v) is 3.03. The van der Waals surface area contributed by atoms with Gasteiger partial charge in [-0.1, -0.05) is 25.0 Å². The molecule has 0 heterocycles. The first kappa shape index (κ1) is 7.84. The summed E-state index contributed by atoms with van der Waals surface area (Å²) in [5, 5.41) is 0. The molecule has 1 rings (SSSR count). The lowest BCUT2D eigenvalue weighted by molar-refractivity contribution is 0.246. The van der Waals surface area contributed by atoms with Crippen LogP contribution in [0.1, 0.15) is 40.0 Å². The molecule has 1 fully saturated rings. The quantitative estimate of drug-likeness (QED) is 0.513. The standard InChI is InChI=1S/C10H18/c1-4-8(2)9(3)10-6-5-7-10/h4,9-10H,5-7H2,1-3H3. The number of allylic oxidation sites excluding steroid dienone is 2. The number of hydrogen-bond donors (Lipinski definition) is 0. The van der Waals surface area contributed by atoms with Crippen molar-refractivity contribution >= 4 is 0 Å². The van der Waals surface area contributed by atoms with Crippen molar-refractivity contribution in [3.8, 4) is 0 Å². The molecule has 0 heteroatoms. The average molecular weight is 138 g/mol. The summed E-state index contributed by atoms with van der Waals surface area (Å²) in [6, 6.07) is 0. The van der Waals surface area contributed by atoms with Crippen molar-refractivity contribution in [3.63, 3.8) is 0 Å². The lowest BCUT2D eigenvalue weighted by atomic mass is 9.74. The van der Waals surface area contributed by atoms with Crippen LogP contribution in [0, 0.1) is 11.8 Å². The molecule has 1 aliphatic carbocycles. The van der Waals surface area contributed by atoms with E-state index >= 15 is 0 Å². The fourth-order valence-electron chi connectivity index (χ4n) is 1.57. The van der Waals surface area contributed by atoms with Gasteiger partial charge in [-0.3, -0.25) is 0 Å². The maximum absolute atomic E-state index is 2.36. The van der Waals surface area contributed by atoms with E-state index in [9.17, 15) is 0 Å². The molecule has 0 amide bonds. The van der Waals surface area contributed by atoms with Gasteiger partial charge < -0.3 is 0 Å². The van der Waals surface area contributed by atoms with Crippen molar-refractivity contribution in [1.29, 1.82) is 0 Å². The van der Waals surface area contributed by atoms with Crippen LogP contribution in [0.5, 0.6) is 0 Å². The number of rotatable bonds is 2. The Morgan fingerprint density at radius 1 is 1.50 bits per heavy atom. The normalized spacial score (nSPS) is 24.1. The third-order valence-electron chi connectivity index (χ3n) is 3.03. The van der Waals surface area contributed by atoms with Crippen LogP contribution in [0.25, 0.3) is 0 Å². The van der Waals surface area contributed by atoms with E-state index in [1.165, 1.54) is 19.3 Å². The molecule has 10 heavy (non-hydrogen) atoms. The molecule has 1 saturated carbocycles. The Balaban J connectivity index is 2.39. The fraction of sp³-hybridized carbons (Fsp3) is 0.800. The Kier molecular flexibility index (Phi) is 2.53. The fourth-order valence-corrected chi connectivity index (χ4v) is 1.57. The van der Waals surface area contributed by atoms with Gasteiger partial charge in [0.1, 0.15) is 0 Å². The van der Waals surface area contributed by atoms with Crippen LogP contribution in [0.3, 0.4) is 0 Å². The minimum Gasteiger partial charge on any atom is -0.0885 e. The largest absolute Gasteiger partial charge is 0.0885 e. The molecule has 0 aromatic heterocycles. The number of hydrogen-bond acceptors (Lipinski definition) is 0. The van der Waals surface area contributed by atoms with Crippen LogP contribution < -0.4 is 0 Å². The Morgan fingerprint density at radius 2 is 2.10 bits per heavy atom. The summed E-state index contributed by atoms with van der Waals surface area (Å²) in [4.78, 5) is 0. The van der Waals surface area contributed by atoms with Crippen LogP contribution in [0.15, 0.2) is 11.6 Å². The molecule has 0 aromatic rings. The molecule has 58 valence electrons. The Labute approximate surface area is 64.3 Å². The summed E-state index contributed by atoms with van der Waals surface area (Å²) >= 11 is 0. The van der Waals surface area contributed by atoms with E-state index in [0.29, 0.717) is 0 Å². The van der Waals surface area contributed by atoms with Crippen molar-refractivity contribution in [3.05, 3.63) is 11.6 Å². The van der Waals surface area contributed by atoms with Gasteiger partial charge in [0.05, 0.1) is 0 Å². The Hall–Kier alpha value is -0.260. The minimum absolute atomic E-state index is 0.846. The predicted octanol–water partition coefficient (Wildman–Crippen LogP) is 3.39. The Morgan fingerprint density at radius 3 is 2.40 bits per heavy atom. The van der Waals surface area contributed by atoms with Gasteiger partial charge in [-0.05, 0) is 38.5 Å². The van der Waals surface area contributed by atoms with Crippen molar-refractivity contribution in [2.45, 2.75) is 40.0 Å². The second kappa shape index (κ2) is 3.23. The zero-order valence-corrected chi connectivity index (χ0v) is 7.35. The van der Waals surface area contributed by atoms with Crippen LogP contribution >= 0.6 is 0 Å². The van der Waals surface area contributed by atoms with E-state index in [1.54, 1.807) is 5.57 Å². The van der Waals surface area contributed by atoms with Gasteiger partial charge in [0.2, 0.25) is 0 Å². The summed E-state index contributed by atoms with van der Waals surface area (Å²) in [7, 11) is 0. The molecule has 0 bridgehead atoms. The third kappa shape index (κ3) is 1.42. The van der Waals surface area contributed by atoms with Gasteiger partial charge in [-0.15, -0.1) is 0 Å². The lowest BCUT2D eigenvalue weighted by Gasteiger charge is -2.32. The van der Waals surface area contributed by atoms with E-state index in [0.717, 1.165) is 11.8 Å². The summed E-state index contributed by atoms with van der Waals surface area (Å²) in [6.07, 6.45) is 6.65. The predicted molar refractivity (Wildman–Crippen MR) is 45.9 cm³/mol. The molecule has 1 unspecified atom stereocenters. The van der Waals surface area contributed by atoms with Crippen molar-refractivity contribution < 1.29 is 0 Å². The second-order valence-corrected chi connectivity index (χ2v) is 3.51. The summed E-state index contributed by atoms with van der Waals surface area (Å²) < 4.78 is 0. The lowest BCUT2D eigenvalue weighted by Crippen LogP contribution is -2.20. The van der Waals surface area contributed by atoms with Gasteiger partial charge in [0.25, 0.3) is 0 Å². The molecule has 1 aliphatic rings. The van der Waals surface area contributed by atoms with Gasteiger partial charge in [-0.25, -0.2) is 0 Å². The molecule has 0 nitrogen and oxygen atoms in total. The molecular weight excluding hydrogens is 120 g/mol. The van der Waals surface area contributed by atoms with Gasteiger partial charge in [0.15, 0.2) is 0 Å². The molecule has 0 aliphatic heterocycles. The molecule has 0 spiro atoms. The van der Waals surface area contributed by atoms with Crippen LogP contribution in [-0.4, -0.2) is 0 Å². The smallest absolute Gasteiger partial charge is 0.0206 e. The van der Waals surface area contributed by atoms with Crippen molar-refractivity contribution in [2.75, 3.05) is 0 Å². The van der Waals surface area contributed by atoms with Crippen LogP contribution in [0.2, 0.25) is 0 Å². The monoisotopic (exact) mass is 138 g/mol. The van der Waals surface area contributed by atoms with E-state index < -0.39 is 0 Å². The molecule has 0 radical (unpaired) electrons. The van der Waals surface area contributed by atoms with E-state index in [-0.39, 0.29) is 0 Å². The second-order valence-electron chi connectivity index (χ2n) is 3.51. The molecular formula is C10H18. The Bertz CT molecular complexity index is 129. The highest BCUT2D eigenvalue weighted by atomic mass is 14.3. The summed E-state index contributed by atoms with van der Waals surface area (Å²) in [5.41, 5.74) is 1.57. The van der Waals surface area contributed by atoms with Gasteiger partial charge >= 0.3 is 0 Å². The minimum atomic E-state index is 0.846. The highest BCUT2D eigenvalue weighted by molar-refractivity contribution is 5.03. The maximum Gasteiger partial charge on any atom is -0.0206 e. The van der Waals surface area contributed by atoms with Crippen LogP contribution in [-0.2, 0) is 0 Å². The van der Waals surface area contributed by atoms with Gasteiger partial charge in [-0.2, -0.15) is 0 Å². The first-order chi connectivity index (χ1) is 4.75. The molecule has 0 saturated heterocycles. The van der Waals surface area contributed by atoms with E-state index in [4.69, 9.17) is 0 Å². The molecule has 0 aromatic carbocycles. The zero-order valence-electron chi connectivity index (χ0n) is 7.35. The first-order valence-electron chi connectivity index (χ1n) is 4.38. The van der Waals surface area contributed by atoms with Crippen molar-refractivity contribution in [2.24, 2.45) is 11.8 Å². The average Bonchev–Trinajstić information content (AvgIpc) is 1.82. The maximum atomic E-state index is 2.36. The summed E-state index contributed by atoms with van der Waals surface area (Å²) in [5.74, 6) is 1.86. The summed E-state index contributed by atoms with van der Waals surface area (Å²) in [6.45, 7) is 6.76. The van der Waals surface area contributed by atoms with E-state index in [1.807, 2.05) is 0 Å². The van der Waals surface area contributed by atoms with E-state index in [2.05, 4.69) is 26.8 Å². The molecule has 0 N–H and O–H groups in total. The van der Waals surface area contributed by atoms with Crippen LogP contribution in [0.4, 0.5) is 0 Å². The van der Waals surface area contributed by atoms with Gasteiger partial charge in [0, 0.05) is 0 Å². The highest BCUT2D eigenvalue weighted by Gasteiger charge is 2.23. The topological polar surface area (TPSA) is 0 Å². The highest BCUT2D eigenvalue weighted by Crippen LogP contribution is 2.36.